The molecule has 27 heavy (non-hydrogen) atoms. The predicted molar refractivity (Wildman–Crippen MR) is 108 cm³/mol. The molecule has 1 heterocycles. The topological polar surface area (TPSA) is 21.7 Å². The van der Waals surface area contributed by atoms with Gasteiger partial charge in [-0.1, -0.05) is 60.7 Å². The highest BCUT2D eigenvalue weighted by molar-refractivity contribution is 5.43. The van der Waals surface area contributed by atoms with E-state index < -0.39 is 0 Å². The second-order valence-electron chi connectivity index (χ2n) is 6.99. The highest BCUT2D eigenvalue weighted by atomic mass is 16.5. The number of rotatable bonds is 6. The molecule has 0 aliphatic carbocycles. The second-order valence-corrected chi connectivity index (χ2v) is 6.99. The minimum absolute atomic E-state index is 0.539. The van der Waals surface area contributed by atoms with Gasteiger partial charge in [0.05, 0.1) is 7.11 Å². The summed E-state index contributed by atoms with van der Waals surface area (Å²) in [6, 6.07) is 25.2. The first-order valence-corrected chi connectivity index (χ1v) is 9.44. The summed E-state index contributed by atoms with van der Waals surface area (Å²) >= 11 is 0. The van der Waals surface area contributed by atoms with Gasteiger partial charge in [0.2, 0.25) is 0 Å². The van der Waals surface area contributed by atoms with Gasteiger partial charge in [-0.15, -0.1) is 0 Å². The molecule has 3 heteroatoms. The fraction of sp³-hybridized carbons (Fsp3) is 0.250. The number of hydrogen-bond donors (Lipinski definition) is 0. The highest BCUT2D eigenvalue weighted by Crippen LogP contribution is 2.30. The van der Waals surface area contributed by atoms with Crippen LogP contribution in [0, 0.1) is 0 Å². The zero-order chi connectivity index (χ0) is 18.5. The van der Waals surface area contributed by atoms with E-state index in [1.165, 1.54) is 16.7 Å². The molecule has 0 aromatic heterocycles. The van der Waals surface area contributed by atoms with Crippen molar-refractivity contribution in [2.45, 2.75) is 26.1 Å². The average Bonchev–Trinajstić information content (AvgIpc) is 2.73. The monoisotopic (exact) mass is 359 g/mol. The van der Waals surface area contributed by atoms with Crippen LogP contribution in [0.5, 0.6) is 11.5 Å². The fourth-order valence-corrected chi connectivity index (χ4v) is 3.61. The van der Waals surface area contributed by atoms with Gasteiger partial charge in [0.1, 0.15) is 6.61 Å². The van der Waals surface area contributed by atoms with E-state index in [1.807, 2.05) is 24.3 Å². The Labute approximate surface area is 161 Å². The van der Waals surface area contributed by atoms with Crippen molar-refractivity contribution < 1.29 is 9.47 Å². The number of benzene rings is 3. The van der Waals surface area contributed by atoms with Crippen molar-refractivity contribution in [2.24, 2.45) is 0 Å². The summed E-state index contributed by atoms with van der Waals surface area (Å²) < 4.78 is 11.5. The van der Waals surface area contributed by atoms with Crippen molar-refractivity contribution in [2.75, 3.05) is 13.7 Å². The standard InChI is InChI=1S/C24H25NO2/c1-26-23-12-11-20(15-24(23)27-18-19-7-3-2-4-8-19)16-25-14-13-21-9-5-6-10-22(21)17-25/h2-12,15H,13-14,16-18H2,1H3. The Morgan fingerprint density at radius 2 is 1.59 bits per heavy atom. The minimum atomic E-state index is 0.539. The zero-order valence-electron chi connectivity index (χ0n) is 15.7. The Balaban J connectivity index is 1.46. The third-order valence-corrected chi connectivity index (χ3v) is 5.08. The van der Waals surface area contributed by atoms with Crippen LogP contribution < -0.4 is 9.47 Å². The molecule has 0 saturated heterocycles. The van der Waals surface area contributed by atoms with Crippen LogP contribution in [0.1, 0.15) is 22.3 Å². The summed E-state index contributed by atoms with van der Waals surface area (Å²) in [7, 11) is 1.69. The Morgan fingerprint density at radius 1 is 0.815 bits per heavy atom. The van der Waals surface area contributed by atoms with E-state index in [9.17, 15) is 0 Å². The largest absolute Gasteiger partial charge is 0.493 e. The number of methoxy groups -OCH3 is 1. The molecule has 0 amide bonds. The summed E-state index contributed by atoms with van der Waals surface area (Å²) in [4.78, 5) is 2.49. The summed E-state index contributed by atoms with van der Waals surface area (Å²) in [6.45, 7) is 3.55. The molecule has 4 rings (SSSR count). The van der Waals surface area contributed by atoms with Crippen LogP contribution in [-0.4, -0.2) is 18.6 Å². The lowest BCUT2D eigenvalue weighted by atomic mass is 9.99. The molecule has 0 radical (unpaired) electrons. The zero-order valence-corrected chi connectivity index (χ0v) is 15.7. The van der Waals surface area contributed by atoms with Crippen LogP contribution in [0.2, 0.25) is 0 Å². The molecular weight excluding hydrogens is 334 g/mol. The van der Waals surface area contributed by atoms with Crippen molar-refractivity contribution in [3.63, 3.8) is 0 Å². The first kappa shape index (κ1) is 17.6. The molecule has 3 aromatic carbocycles. The first-order chi connectivity index (χ1) is 13.3. The van der Waals surface area contributed by atoms with Crippen molar-refractivity contribution in [1.29, 1.82) is 0 Å². The summed E-state index contributed by atoms with van der Waals surface area (Å²) in [5.74, 6) is 1.58. The Hall–Kier alpha value is -2.78. The van der Waals surface area contributed by atoms with Crippen molar-refractivity contribution >= 4 is 0 Å². The molecule has 0 N–H and O–H groups in total. The average molecular weight is 359 g/mol. The van der Waals surface area contributed by atoms with Gasteiger partial charge < -0.3 is 9.47 Å². The molecule has 1 aliphatic rings. The van der Waals surface area contributed by atoms with Gasteiger partial charge in [0.15, 0.2) is 11.5 Å². The molecule has 3 nitrogen and oxygen atoms in total. The van der Waals surface area contributed by atoms with Crippen molar-refractivity contribution in [3.05, 3.63) is 95.1 Å². The van der Waals surface area contributed by atoms with Gasteiger partial charge in [0, 0.05) is 19.6 Å². The lowest BCUT2D eigenvalue weighted by Crippen LogP contribution is -2.29. The Morgan fingerprint density at radius 3 is 2.41 bits per heavy atom. The number of hydrogen-bond acceptors (Lipinski definition) is 3. The number of fused-ring (bicyclic) bond motifs is 1. The Kier molecular flexibility index (Phi) is 5.40. The molecule has 0 spiro atoms. The maximum atomic E-state index is 6.06. The molecule has 0 atom stereocenters. The van der Waals surface area contributed by atoms with Crippen LogP contribution in [0.4, 0.5) is 0 Å². The van der Waals surface area contributed by atoms with E-state index in [0.717, 1.165) is 43.1 Å². The van der Waals surface area contributed by atoms with E-state index in [1.54, 1.807) is 7.11 Å². The van der Waals surface area contributed by atoms with Crippen LogP contribution in [0.3, 0.4) is 0 Å². The third kappa shape index (κ3) is 4.32. The molecule has 1 aliphatic heterocycles. The summed E-state index contributed by atoms with van der Waals surface area (Å²) in [5, 5.41) is 0. The highest BCUT2D eigenvalue weighted by Gasteiger charge is 2.16. The maximum absolute atomic E-state index is 6.06. The van der Waals surface area contributed by atoms with E-state index >= 15 is 0 Å². The molecule has 0 unspecified atom stereocenters. The first-order valence-electron chi connectivity index (χ1n) is 9.44. The van der Waals surface area contributed by atoms with Gasteiger partial charge in [-0.3, -0.25) is 4.90 Å². The van der Waals surface area contributed by atoms with Crippen LogP contribution >= 0.6 is 0 Å². The molecule has 0 fully saturated rings. The normalized spacial score (nSPS) is 13.8. The fourth-order valence-electron chi connectivity index (χ4n) is 3.61. The SMILES string of the molecule is COc1ccc(CN2CCc3ccccc3C2)cc1OCc1ccccc1. The van der Waals surface area contributed by atoms with Crippen LogP contribution in [0.15, 0.2) is 72.8 Å². The summed E-state index contributed by atoms with van der Waals surface area (Å²) in [5.41, 5.74) is 5.32. The number of ether oxygens (including phenoxy) is 2. The van der Waals surface area contributed by atoms with Crippen LogP contribution in [-0.2, 0) is 26.1 Å². The minimum Gasteiger partial charge on any atom is -0.493 e. The number of nitrogens with zero attached hydrogens (tertiary/aromatic N) is 1. The lowest BCUT2D eigenvalue weighted by Gasteiger charge is -2.29. The van der Waals surface area contributed by atoms with Crippen molar-refractivity contribution in [1.82, 2.24) is 4.90 Å². The predicted octanol–water partition coefficient (Wildman–Crippen LogP) is 4.83. The third-order valence-electron chi connectivity index (χ3n) is 5.08. The maximum Gasteiger partial charge on any atom is 0.161 e. The van der Waals surface area contributed by atoms with Crippen LogP contribution in [0.25, 0.3) is 0 Å². The van der Waals surface area contributed by atoms with E-state index in [2.05, 4.69) is 53.4 Å². The summed E-state index contributed by atoms with van der Waals surface area (Å²) in [6.07, 6.45) is 1.11. The molecular formula is C24H25NO2. The van der Waals surface area contributed by atoms with E-state index in [-0.39, 0.29) is 0 Å². The quantitative estimate of drug-likeness (QED) is 0.629. The molecule has 3 aromatic rings. The van der Waals surface area contributed by atoms with Crippen molar-refractivity contribution in [3.8, 4) is 11.5 Å². The second kappa shape index (κ2) is 8.28. The molecule has 138 valence electrons. The smallest absolute Gasteiger partial charge is 0.161 e. The van der Waals surface area contributed by atoms with Gasteiger partial charge in [-0.05, 0) is 40.8 Å². The van der Waals surface area contributed by atoms with E-state index in [4.69, 9.17) is 9.47 Å². The lowest BCUT2D eigenvalue weighted by molar-refractivity contribution is 0.244. The van der Waals surface area contributed by atoms with Gasteiger partial charge >= 0.3 is 0 Å². The van der Waals surface area contributed by atoms with Gasteiger partial charge in [0.25, 0.3) is 0 Å². The Bertz CT molecular complexity index is 892. The molecule has 0 saturated carbocycles. The van der Waals surface area contributed by atoms with Gasteiger partial charge in [-0.25, -0.2) is 0 Å². The molecule has 0 bridgehead atoms. The van der Waals surface area contributed by atoms with E-state index in [0.29, 0.717) is 6.61 Å². The van der Waals surface area contributed by atoms with Gasteiger partial charge in [-0.2, -0.15) is 0 Å².